The lowest BCUT2D eigenvalue weighted by atomic mass is 9.96. The Hall–Kier alpha value is -1.07. The second-order valence-electron chi connectivity index (χ2n) is 5.32. The largest absolute Gasteiger partial charge is 0.367 e. The molecule has 0 amide bonds. The summed E-state index contributed by atoms with van der Waals surface area (Å²) in [6, 6.07) is 0. The van der Waals surface area contributed by atoms with Crippen LogP contribution < -0.4 is 10.6 Å². The summed E-state index contributed by atoms with van der Waals surface area (Å²) in [6.07, 6.45) is 6.64. The Labute approximate surface area is 119 Å². The van der Waals surface area contributed by atoms with Gasteiger partial charge >= 0.3 is 0 Å². The van der Waals surface area contributed by atoms with Gasteiger partial charge in [0.2, 0.25) is 5.95 Å². The maximum atomic E-state index is 6.13. The molecule has 19 heavy (non-hydrogen) atoms. The van der Waals surface area contributed by atoms with E-state index in [9.17, 15) is 0 Å². The van der Waals surface area contributed by atoms with Crippen molar-refractivity contribution in [3.05, 3.63) is 11.2 Å². The number of anilines is 2. The summed E-state index contributed by atoms with van der Waals surface area (Å²) in [5, 5.41) is 6.87. The molecule has 0 saturated heterocycles. The predicted octanol–water partition coefficient (Wildman–Crippen LogP) is 2.46. The molecule has 0 aliphatic heterocycles. The van der Waals surface area contributed by atoms with Gasteiger partial charge in [0.15, 0.2) is 5.82 Å². The minimum Gasteiger partial charge on any atom is -0.367 e. The van der Waals surface area contributed by atoms with E-state index in [1.165, 1.54) is 25.7 Å². The van der Waals surface area contributed by atoms with Gasteiger partial charge in [-0.3, -0.25) is 0 Å². The van der Waals surface area contributed by atoms with Crippen molar-refractivity contribution < 1.29 is 0 Å². The predicted molar refractivity (Wildman–Crippen MR) is 80.0 cm³/mol. The average Bonchev–Trinajstić information content (AvgIpc) is 2.88. The maximum absolute atomic E-state index is 6.13. The molecule has 0 bridgehead atoms. The molecule has 1 aromatic heterocycles. The first-order chi connectivity index (χ1) is 9.07. The first-order valence-electron chi connectivity index (χ1n) is 6.69. The fraction of sp³-hybridized carbons (Fsp3) is 0.692. The van der Waals surface area contributed by atoms with E-state index >= 15 is 0 Å². The molecular formula is C13H22ClN5. The number of rotatable bonds is 5. The highest BCUT2D eigenvalue weighted by atomic mass is 35.5. The zero-order chi connectivity index (χ0) is 13.9. The van der Waals surface area contributed by atoms with Crippen molar-refractivity contribution in [1.82, 2.24) is 14.9 Å². The summed E-state index contributed by atoms with van der Waals surface area (Å²) < 4.78 is 0. The number of nitrogens with one attached hydrogen (secondary N) is 2. The van der Waals surface area contributed by atoms with Crippen molar-refractivity contribution in [1.29, 1.82) is 0 Å². The first kappa shape index (κ1) is 14.3. The molecule has 0 radical (unpaired) electrons. The van der Waals surface area contributed by atoms with Crippen LogP contribution in [0.4, 0.5) is 11.8 Å². The summed E-state index contributed by atoms with van der Waals surface area (Å²) >= 11 is 6.13. The van der Waals surface area contributed by atoms with E-state index in [4.69, 9.17) is 11.6 Å². The van der Waals surface area contributed by atoms with Gasteiger partial charge in [0.05, 0.1) is 6.20 Å². The van der Waals surface area contributed by atoms with Crippen LogP contribution in [0.15, 0.2) is 6.20 Å². The monoisotopic (exact) mass is 283 g/mol. The molecule has 0 atom stereocenters. The molecule has 1 aliphatic rings. The molecule has 2 rings (SSSR count). The molecule has 2 N–H and O–H groups in total. The van der Waals surface area contributed by atoms with Crippen molar-refractivity contribution in [3.8, 4) is 0 Å². The van der Waals surface area contributed by atoms with E-state index in [1.54, 1.807) is 13.2 Å². The van der Waals surface area contributed by atoms with Crippen LogP contribution in [-0.4, -0.2) is 48.1 Å². The lowest BCUT2D eigenvalue weighted by Crippen LogP contribution is -2.47. The molecule has 0 unspecified atom stereocenters. The van der Waals surface area contributed by atoms with Gasteiger partial charge in [0.1, 0.15) is 5.02 Å². The molecular weight excluding hydrogens is 262 g/mol. The van der Waals surface area contributed by atoms with Crippen LogP contribution in [0.1, 0.15) is 25.7 Å². The fourth-order valence-corrected chi connectivity index (χ4v) is 2.83. The summed E-state index contributed by atoms with van der Waals surface area (Å²) in [5.41, 5.74) is 0.216. The van der Waals surface area contributed by atoms with E-state index in [2.05, 4.69) is 39.6 Å². The van der Waals surface area contributed by atoms with Gasteiger partial charge in [0, 0.05) is 19.1 Å². The van der Waals surface area contributed by atoms with Crippen LogP contribution in [-0.2, 0) is 0 Å². The highest BCUT2D eigenvalue weighted by molar-refractivity contribution is 6.32. The number of hydrogen-bond donors (Lipinski definition) is 2. The Bertz CT molecular complexity index is 429. The Morgan fingerprint density at radius 2 is 2.05 bits per heavy atom. The molecule has 0 spiro atoms. The molecule has 1 aliphatic carbocycles. The van der Waals surface area contributed by atoms with Crippen molar-refractivity contribution in [2.45, 2.75) is 31.2 Å². The Kier molecular flexibility index (Phi) is 4.47. The van der Waals surface area contributed by atoms with Crippen molar-refractivity contribution in [2.75, 3.05) is 38.3 Å². The number of halogens is 1. The second-order valence-corrected chi connectivity index (χ2v) is 5.73. The normalized spacial score (nSPS) is 17.7. The molecule has 6 heteroatoms. The molecule has 106 valence electrons. The Morgan fingerprint density at radius 3 is 2.63 bits per heavy atom. The topological polar surface area (TPSA) is 53.1 Å². The molecule has 1 fully saturated rings. The molecule has 0 aromatic carbocycles. The van der Waals surface area contributed by atoms with Gasteiger partial charge in [-0.25, -0.2) is 4.98 Å². The van der Waals surface area contributed by atoms with E-state index < -0.39 is 0 Å². The number of likely N-dealkylation sites (N-methyl/N-ethyl adjacent to an activating group) is 1. The van der Waals surface area contributed by atoms with E-state index in [1.807, 2.05) is 0 Å². The van der Waals surface area contributed by atoms with Gasteiger partial charge in [-0.05, 0) is 26.9 Å². The molecule has 1 aromatic rings. The maximum Gasteiger partial charge on any atom is 0.224 e. The van der Waals surface area contributed by atoms with Crippen LogP contribution in [0.3, 0.4) is 0 Å². The number of nitrogens with zero attached hydrogens (tertiary/aromatic N) is 3. The lowest BCUT2D eigenvalue weighted by molar-refractivity contribution is 0.172. The Morgan fingerprint density at radius 1 is 1.37 bits per heavy atom. The number of hydrogen-bond acceptors (Lipinski definition) is 5. The number of aromatic nitrogens is 2. The summed E-state index contributed by atoms with van der Waals surface area (Å²) in [4.78, 5) is 10.8. The van der Waals surface area contributed by atoms with Gasteiger partial charge in [0.25, 0.3) is 0 Å². The van der Waals surface area contributed by atoms with Gasteiger partial charge < -0.3 is 15.5 Å². The van der Waals surface area contributed by atoms with Crippen molar-refractivity contribution in [3.63, 3.8) is 0 Å². The Balaban J connectivity index is 2.09. The average molecular weight is 284 g/mol. The van der Waals surface area contributed by atoms with Crippen LogP contribution in [0.5, 0.6) is 0 Å². The van der Waals surface area contributed by atoms with E-state index in [0.29, 0.717) is 16.8 Å². The van der Waals surface area contributed by atoms with Gasteiger partial charge in [-0.2, -0.15) is 4.98 Å². The summed E-state index contributed by atoms with van der Waals surface area (Å²) in [7, 11) is 6.09. The standard InChI is InChI=1S/C13H22ClN5/c1-15-12-16-8-10(14)11(18-12)17-9-13(19(2)3)6-4-5-7-13/h8H,4-7,9H2,1-3H3,(H2,15,16,17,18). The minimum absolute atomic E-state index is 0.216. The quantitative estimate of drug-likeness (QED) is 0.869. The lowest BCUT2D eigenvalue weighted by Gasteiger charge is -2.36. The van der Waals surface area contributed by atoms with Crippen molar-refractivity contribution >= 4 is 23.4 Å². The zero-order valence-corrected chi connectivity index (χ0v) is 12.6. The fourth-order valence-electron chi connectivity index (χ4n) is 2.68. The smallest absolute Gasteiger partial charge is 0.224 e. The first-order valence-corrected chi connectivity index (χ1v) is 7.07. The third-order valence-corrected chi connectivity index (χ3v) is 4.31. The third kappa shape index (κ3) is 3.09. The molecule has 1 saturated carbocycles. The van der Waals surface area contributed by atoms with E-state index in [-0.39, 0.29) is 5.54 Å². The summed E-state index contributed by atoms with van der Waals surface area (Å²) in [6.45, 7) is 0.861. The highest BCUT2D eigenvalue weighted by Crippen LogP contribution is 2.34. The zero-order valence-electron chi connectivity index (χ0n) is 11.8. The molecule has 1 heterocycles. The van der Waals surface area contributed by atoms with Crippen LogP contribution in [0.2, 0.25) is 5.02 Å². The van der Waals surface area contributed by atoms with Gasteiger partial charge in [-0.15, -0.1) is 0 Å². The summed E-state index contributed by atoms with van der Waals surface area (Å²) in [5.74, 6) is 1.28. The van der Waals surface area contributed by atoms with Crippen molar-refractivity contribution in [2.24, 2.45) is 0 Å². The van der Waals surface area contributed by atoms with Crippen LogP contribution >= 0.6 is 11.6 Å². The van der Waals surface area contributed by atoms with Crippen LogP contribution in [0.25, 0.3) is 0 Å². The second kappa shape index (κ2) is 5.92. The highest BCUT2D eigenvalue weighted by Gasteiger charge is 2.35. The van der Waals surface area contributed by atoms with Crippen LogP contribution in [0, 0.1) is 0 Å². The minimum atomic E-state index is 0.216. The third-order valence-electron chi connectivity index (χ3n) is 4.04. The van der Waals surface area contributed by atoms with E-state index in [0.717, 1.165) is 6.54 Å². The molecule has 5 nitrogen and oxygen atoms in total. The van der Waals surface area contributed by atoms with Gasteiger partial charge in [-0.1, -0.05) is 24.4 Å². The SMILES string of the molecule is CNc1ncc(Cl)c(NCC2(N(C)C)CCCC2)n1.